The quantitative estimate of drug-likeness (QED) is 0.420. The first-order chi connectivity index (χ1) is 12.9. The molecule has 0 aliphatic heterocycles. The van der Waals surface area contributed by atoms with E-state index in [4.69, 9.17) is 4.74 Å². The Hall–Kier alpha value is -1.05. The maximum atomic E-state index is 12.1. The SMILES string of the molecule is CCOC(=O)/C(C)=C/C1=CC[C@H]2[C@@H]3CCC4CCCC[C@]4(C)[C@H]3CC[C@]12C. The van der Waals surface area contributed by atoms with Gasteiger partial charge in [-0.2, -0.15) is 0 Å². The predicted molar refractivity (Wildman–Crippen MR) is 110 cm³/mol. The maximum Gasteiger partial charge on any atom is 0.333 e. The monoisotopic (exact) mass is 370 g/mol. The molecule has 2 nitrogen and oxygen atoms in total. The van der Waals surface area contributed by atoms with Crippen LogP contribution in [0.25, 0.3) is 0 Å². The minimum Gasteiger partial charge on any atom is -0.463 e. The fourth-order valence-electron chi connectivity index (χ4n) is 7.66. The maximum absolute atomic E-state index is 12.1. The number of fused-ring (bicyclic) bond motifs is 5. The smallest absolute Gasteiger partial charge is 0.333 e. The molecule has 2 heteroatoms. The van der Waals surface area contributed by atoms with E-state index in [0.717, 1.165) is 29.2 Å². The predicted octanol–water partition coefficient (Wildman–Crippen LogP) is 6.46. The van der Waals surface area contributed by atoms with Crippen molar-refractivity contribution in [3.05, 3.63) is 23.3 Å². The third-order valence-electron chi connectivity index (χ3n) is 9.19. The lowest BCUT2D eigenvalue weighted by Gasteiger charge is -2.60. The highest BCUT2D eigenvalue weighted by Crippen LogP contribution is 2.66. The first-order valence-electron chi connectivity index (χ1n) is 11.5. The molecule has 0 aromatic heterocycles. The van der Waals surface area contributed by atoms with Crippen LogP contribution < -0.4 is 0 Å². The van der Waals surface area contributed by atoms with E-state index in [9.17, 15) is 4.79 Å². The summed E-state index contributed by atoms with van der Waals surface area (Å²) in [5, 5.41) is 0. The molecular weight excluding hydrogens is 332 g/mol. The van der Waals surface area contributed by atoms with Crippen LogP contribution in [0.2, 0.25) is 0 Å². The Morgan fingerprint density at radius 1 is 1.15 bits per heavy atom. The highest BCUT2D eigenvalue weighted by molar-refractivity contribution is 5.88. The van der Waals surface area contributed by atoms with Crippen LogP contribution in [0.4, 0.5) is 0 Å². The molecule has 3 fully saturated rings. The fraction of sp³-hybridized carbons (Fsp3) is 0.800. The van der Waals surface area contributed by atoms with Crippen molar-refractivity contribution in [1.82, 2.24) is 0 Å². The summed E-state index contributed by atoms with van der Waals surface area (Å²) in [4.78, 5) is 12.1. The third-order valence-corrected chi connectivity index (χ3v) is 9.19. The number of esters is 1. The summed E-state index contributed by atoms with van der Waals surface area (Å²) in [6, 6.07) is 0. The van der Waals surface area contributed by atoms with E-state index in [0.29, 0.717) is 12.0 Å². The highest BCUT2D eigenvalue weighted by atomic mass is 16.5. The summed E-state index contributed by atoms with van der Waals surface area (Å²) in [5.41, 5.74) is 3.02. The van der Waals surface area contributed by atoms with Gasteiger partial charge in [0.15, 0.2) is 0 Å². The van der Waals surface area contributed by atoms with E-state index in [1.54, 1.807) is 0 Å². The Morgan fingerprint density at radius 2 is 1.96 bits per heavy atom. The van der Waals surface area contributed by atoms with E-state index < -0.39 is 0 Å². The number of carbonyl (C=O) groups excluding carboxylic acids is 1. The molecule has 0 saturated heterocycles. The first kappa shape index (κ1) is 19.3. The molecule has 3 saturated carbocycles. The van der Waals surface area contributed by atoms with Crippen LogP contribution >= 0.6 is 0 Å². The zero-order valence-electron chi connectivity index (χ0n) is 17.9. The largest absolute Gasteiger partial charge is 0.463 e. The lowest BCUT2D eigenvalue weighted by Crippen LogP contribution is -2.52. The standard InChI is InChI=1S/C25H38O2/c1-5-27-23(26)17(2)16-19-10-12-21-20-11-9-18-8-6-7-14-24(18,3)22(20)13-15-25(19,21)4/h10,16,18,20-22H,5-9,11-15H2,1-4H3/b17-16+/t18?,20-,21-,22-,24-,25+/m0/s1. The van der Waals surface area contributed by atoms with Crippen molar-refractivity contribution >= 4 is 5.97 Å². The molecule has 0 aromatic carbocycles. The molecule has 150 valence electrons. The van der Waals surface area contributed by atoms with Gasteiger partial charge >= 0.3 is 5.97 Å². The number of hydrogen-bond donors (Lipinski definition) is 0. The first-order valence-corrected chi connectivity index (χ1v) is 11.5. The lowest BCUT2D eigenvalue weighted by molar-refractivity contribution is -0.138. The fourth-order valence-corrected chi connectivity index (χ4v) is 7.66. The third kappa shape index (κ3) is 3.02. The van der Waals surface area contributed by atoms with Crippen molar-refractivity contribution in [3.63, 3.8) is 0 Å². The minimum atomic E-state index is -0.158. The van der Waals surface area contributed by atoms with Gasteiger partial charge in [0.25, 0.3) is 0 Å². The van der Waals surface area contributed by atoms with Gasteiger partial charge in [0, 0.05) is 5.57 Å². The molecule has 0 spiro atoms. The van der Waals surface area contributed by atoms with E-state index in [1.165, 1.54) is 63.4 Å². The average Bonchev–Trinajstić information content (AvgIpc) is 2.98. The summed E-state index contributed by atoms with van der Waals surface area (Å²) in [5.74, 6) is 3.41. The second kappa shape index (κ2) is 7.08. The molecule has 0 N–H and O–H groups in total. The Bertz CT molecular complexity index is 659. The molecule has 0 aromatic rings. The van der Waals surface area contributed by atoms with Gasteiger partial charge < -0.3 is 4.74 Å². The van der Waals surface area contributed by atoms with E-state index in [2.05, 4.69) is 26.0 Å². The van der Waals surface area contributed by atoms with Crippen molar-refractivity contribution < 1.29 is 9.53 Å². The second-order valence-electron chi connectivity index (χ2n) is 10.3. The lowest BCUT2D eigenvalue weighted by atomic mass is 9.45. The molecule has 4 aliphatic carbocycles. The molecule has 4 aliphatic rings. The summed E-state index contributed by atoms with van der Waals surface area (Å²) in [7, 11) is 0. The molecule has 1 unspecified atom stereocenters. The molecule has 0 heterocycles. The van der Waals surface area contributed by atoms with Gasteiger partial charge in [-0.3, -0.25) is 0 Å². The summed E-state index contributed by atoms with van der Waals surface area (Å²) in [6.07, 6.45) is 17.2. The van der Waals surface area contributed by atoms with Gasteiger partial charge in [0.05, 0.1) is 6.61 Å². The molecule has 0 bridgehead atoms. The zero-order valence-corrected chi connectivity index (χ0v) is 17.9. The Morgan fingerprint density at radius 3 is 2.74 bits per heavy atom. The number of rotatable bonds is 3. The van der Waals surface area contributed by atoms with Crippen LogP contribution in [-0.2, 0) is 9.53 Å². The van der Waals surface area contributed by atoms with Gasteiger partial charge in [-0.1, -0.05) is 32.8 Å². The van der Waals surface area contributed by atoms with Gasteiger partial charge in [0.2, 0.25) is 0 Å². The van der Waals surface area contributed by atoms with Crippen LogP contribution in [0.3, 0.4) is 0 Å². The van der Waals surface area contributed by atoms with Crippen LogP contribution in [-0.4, -0.2) is 12.6 Å². The van der Waals surface area contributed by atoms with Crippen LogP contribution in [0.1, 0.15) is 85.5 Å². The number of hydrogen-bond acceptors (Lipinski definition) is 2. The second-order valence-corrected chi connectivity index (χ2v) is 10.3. The van der Waals surface area contributed by atoms with Crippen molar-refractivity contribution in [3.8, 4) is 0 Å². The summed E-state index contributed by atoms with van der Waals surface area (Å²) in [6.45, 7) is 9.37. The highest BCUT2D eigenvalue weighted by Gasteiger charge is 2.57. The topological polar surface area (TPSA) is 26.3 Å². The summed E-state index contributed by atoms with van der Waals surface area (Å²) >= 11 is 0. The molecule has 0 radical (unpaired) electrons. The number of ether oxygens (including phenoxy) is 1. The average molecular weight is 371 g/mol. The number of carbonyl (C=O) groups is 1. The summed E-state index contributed by atoms with van der Waals surface area (Å²) < 4.78 is 5.21. The molecule has 0 amide bonds. The molecule has 6 atom stereocenters. The molecule has 27 heavy (non-hydrogen) atoms. The molecule has 4 rings (SSSR count). The van der Waals surface area contributed by atoms with Crippen LogP contribution in [0.15, 0.2) is 23.3 Å². The van der Waals surface area contributed by atoms with Crippen molar-refractivity contribution in [2.24, 2.45) is 34.5 Å². The van der Waals surface area contributed by atoms with Gasteiger partial charge in [-0.15, -0.1) is 0 Å². The normalized spacial score (nSPS) is 44.0. The van der Waals surface area contributed by atoms with E-state index in [-0.39, 0.29) is 11.4 Å². The van der Waals surface area contributed by atoms with Gasteiger partial charge in [-0.25, -0.2) is 4.79 Å². The van der Waals surface area contributed by atoms with E-state index >= 15 is 0 Å². The molecular formula is C25H38O2. The van der Waals surface area contributed by atoms with Crippen LogP contribution in [0.5, 0.6) is 0 Å². The van der Waals surface area contributed by atoms with Crippen molar-refractivity contribution in [2.75, 3.05) is 6.61 Å². The van der Waals surface area contributed by atoms with E-state index in [1.807, 2.05) is 13.8 Å². The van der Waals surface area contributed by atoms with Crippen molar-refractivity contribution in [1.29, 1.82) is 0 Å². The minimum absolute atomic E-state index is 0.158. The number of allylic oxidation sites excluding steroid dienone is 3. The Kier molecular flexibility index (Phi) is 5.06. The van der Waals surface area contributed by atoms with Gasteiger partial charge in [0.1, 0.15) is 0 Å². The Balaban J connectivity index is 1.56. The Labute approximate surface area is 165 Å². The zero-order chi connectivity index (χ0) is 19.2. The van der Waals surface area contributed by atoms with Gasteiger partial charge in [-0.05, 0) is 105 Å². The van der Waals surface area contributed by atoms with Crippen LogP contribution in [0, 0.1) is 34.5 Å². The van der Waals surface area contributed by atoms with Crippen molar-refractivity contribution in [2.45, 2.75) is 85.5 Å².